The predicted octanol–water partition coefficient (Wildman–Crippen LogP) is 4.17. The molecule has 0 spiro atoms. The van der Waals surface area contributed by atoms with Gasteiger partial charge in [0.2, 0.25) is 0 Å². The monoisotopic (exact) mass is 408 g/mol. The van der Waals surface area contributed by atoms with Gasteiger partial charge >= 0.3 is 0 Å². The zero-order valence-electron chi connectivity index (χ0n) is 17.6. The molecule has 2 N–H and O–H groups in total. The lowest BCUT2D eigenvalue weighted by atomic mass is 10.2. The topological polar surface area (TPSA) is 79.6 Å². The van der Waals surface area contributed by atoms with Gasteiger partial charge in [-0.25, -0.2) is 4.98 Å². The summed E-state index contributed by atoms with van der Waals surface area (Å²) in [6.45, 7) is 7.66. The highest BCUT2D eigenvalue weighted by Gasteiger charge is 2.09. The molecule has 3 aromatic rings. The van der Waals surface area contributed by atoms with Crippen molar-refractivity contribution in [3.63, 3.8) is 0 Å². The van der Waals surface area contributed by atoms with E-state index in [4.69, 9.17) is 9.15 Å². The Morgan fingerprint density at radius 2 is 1.90 bits per heavy atom. The van der Waals surface area contributed by atoms with E-state index in [0.717, 1.165) is 36.6 Å². The van der Waals surface area contributed by atoms with Crippen molar-refractivity contribution in [2.24, 2.45) is 0 Å². The second-order valence-corrected chi connectivity index (χ2v) is 6.75. The number of amides is 1. The van der Waals surface area contributed by atoms with Gasteiger partial charge in [-0.15, -0.1) is 0 Å². The van der Waals surface area contributed by atoms with Gasteiger partial charge in [-0.05, 0) is 49.5 Å². The fraction of sp³-hybridized carbons (Fsp3) is 0.304. The number of benzene rings is 2. The van der Waals surface area contributed by atoms with Crippen molar-refractivity contribution in [3.8, 4) is 17.1 Å². The summed E-state index contributed by atoms with van der Waals surface area (Å²) < 4.78 is 11.0. The number of rotatable bonds is 10. The van der Waals surface area contributed by atoms with Crippen molar-refractivity contribution < 1.29 is 13.9 Å². The first-order valence-electron chi connectivity index (χ1n) is 10.1. The lowest BCUT2D eigenvalue weighted by Crippen LogP contribution is -2.34. The number of aromatic nitrogens is 1. The molecule has 0 atom stereocenters. The van der Waals surface area contributed by atoms with E-state index in [1.165, 1.54) is 0 Å². The Bertz CT molecular complexity index is 949. The Labute approximate surface area is 177 Å². The molecule has 1 amide bonds. The maximum absolute atomic E-state index is 12.3. The second kappa shape index (κ2) is 10.5. The van der Waals surface area contributed by atoms with Crippen molar-refractivity contribution in [1.29, 1.82) is 0 Å². The maximum atomic E-state index is 12.3. The van der Waals surface area contributed by atoms with Crippen LogP contribution in [0, 0.1) is 0 Å². The van der Waals surface area contributed by atoms with E-state index in [1.807, 2.05) is 36.4 Å². The molecular formula is C23H28N4O3. The van der Waals surface area contributed by atoms with Crippen molar-refractivity contribution in [3.05, 3.63) is 60.3 Å². The van der Waals surface area contributed by atoms with Gasteiger partial charge < -0.3 is 24.7 Å². The average Bonchev–Trinajstić information content (AvgIpc) is 3.25. The molecule has 2 aromatic carbocycles. The van der Waals surface area contributed by atoms with Gasteiger partial charge in [0.15, 0.2) is 5.76 Å². The summed E-state index contributed by atoms with van der Waals surface area (Å²) in [4.78, 5) is 18.8. The van der Waals surface area contributed by atoms with Gasteiger partial charge in [-0.3, -0.25) is 4.79 Å². The van der Waals surface area contributed by atoms with Crippen LogP contribution in [0.1, 0.15) is 24.2 Å². The number of likely N-dealkylation sites (N-methyl/N-ethyl adjacent to an activating group) is 1. The predicted molar refractivity (Wildman–Crippen MR) is 118 cm³/mol. The zero-order chi connectivity index (χ0) is 21.3. The van der Waals surface area contributed by atoms with Crippen LogP contribution in [0.25, 0.3) is 11.3 Å². The molecule has 0 aliphatic heterocycles. The van der Waals surface area contributed by atoms with E-state index in [-0.39, 0.29) is 5.91 Å². The number of ether oxygens (including phenoxy) is 1. The molecule has 158 valence electrons. The minimum absolute atomic E-state index is 0.0786. The molecule has 1 aromatic heterocycles. The Morgan fingerprint density at radius 3 is 2.60 bits per heavy atom. The summed E-state index contributed by atoms with van der Waals surface area (Å²) in [5, 5.41) is 6.07. The van der Waals surface area contributed by atoms with Crippen LogP contribution in [-0.4, -0.2) is 49.1 Å². The first kappa shape index (κ1) is 21.4. The van der Waals surface area contributed by atoms with Crippen molar-refractivity contribution in [2.75, 3.05) is 38.6 Å². The highest BCUT2D eigenvalue weighted by molar-refractivity contribution is 5.94. The fourth-order valence-electron chi connectivity index (χ4n) is 3.04. The summed E-state index contributed by atoms with van der Waals surface area (Å²) >= 11 is 0. The Balaban J connectivity index is 1.57. The third kappa shape index (κ3) is 5.61. The van der Waals surface area contributed by atoms with E-state index in [2.05, 4.69) is 34.4 Å². The van der Waals surface area contributed by atoms with Gasteiger partial charge in [-0.1, -0.05) is 26.0 Å². The molecule has 7 nitrogen and oxygen atoms in total. The molecule has 7 heteroatoms. The summed E-state index contributed by atoms with van der Waals surface area (Å²) in [6, 6.07) is 15.2. The van der Waals surface area contributed by atoms with Gasteiger partial charge in [0.05, 0.1) is 13.3 Å². The van der Waals surface area contributed by atoms with E-state index in [1.54, 1.807) is 25.4 Å². The quantitative estimate of drug-likeness (QED) is 0.524. The van der Waals surface area contributed by atoms with Gasteiger partial charge in [-0.2, -0.15) is 0 Å². The molecular weight excluding hydrogens is 380 g/mol. The van der Waals surface area contributed by atoms with Crippen molar-refractivity contribution >= 4 is 17.6 Å². The zero-order valence-corrected chi connectivity index (χ0v) is 17.6. The first-order valence-corrected chi connectivity index (χ1v) is 10.1. The van der Waals surface area contributed by atoms with E-state index >= 15 is 0 Å². The lowest BCUT2D eigenvalue weighted by Gasteiger charge is -2.17. The SMILES string of the molecule is CCN(CC)CCNC(=O)c1ccc(Nc2ncc(-c3cccc(OC)c3)o2)cc1. The number of hydrogen-bond donors (Lipinski definition) is 2. The number of hydrogen-bond acceptors (Lipinski definition) is 6. The van der Waals surface area contributed by atoms with Crippen LogP contribution in [0.5, 0.6) is 5.75 Å². The number of oxazole rings is 1. The minimum Gasteiger partial charge on any atom is -0.497 e. The molecule has 3 rings (SSSR count). The molecule has 0 bridgehead atoms. The number of carbonyl (C=O) groups is 1. The van der Waals surface area contributed by atoms with Crippen molar-refractivity contribution in [1.82, 2.24) is 15.2 Å². The van der Waals surface area contributed by atoms with Gasteiger partial charge in [0, 0.05) is 29.9 Å². The smallest absolute Gasteiger partial charge is 0.299 e. The standard InChI is InChI=1S/C23H28N4O3/c1-4-27(5-2)14-13-24-22(28)17-9-11-19(12-10-17)26-23-25-16-21(30-23)18-7-6-8-20(15-18)29-3/h6-12,15-16H,4-5,13-14H2,1-3H3,(H,24,28)(H,25,26). The molecule has 0 unspecified atom stereocenters. The summed E-state index contributed by atoms with van der Waals surface area (Å²) in [5.41, 5.74) is 2.28. The van der Waals surface area contributed by atoms with Crippen LogP contribution in [-0.2, 0) is 0 Å². The lowest BCUT2D eigenvalue weighted by molar-refractivity contribution is 0.0949. The Hall–Kier alpha value is -3.32. The highest BCUT2D eigenvalue weighted by atomic mass is 16.5. The van der Waals surface area contributed by atoms with Crippen LogP contribution in [0.3, 0.4) is 0 Å². The molecule has 0 saturated carbocycles. The number of methoxy groups -OCH3 is 1. The molecule has 30 heavy (non-hydrogen) atoms. The molecule has 0 radical (unpaired) electrons. The van der Waals surface area contributed by atoms with Crippen LogP contribution in [0.15, 0.2) is 59.1 Å². The van der Waals surface area contributed by atoms with E-state index in [0.29, 0.717) is 23.9 Å². The normalized spacial score (nSPS) is 10.8. The first-order chi connectivity index (χ1) is 14.6. The highest BCUT2D eigenvalue weighted by Crippen LogP contribution is 2.27. The second-order valence-electron chi connectivity index (χ2n) is 6.75. The van der Waals surface area contributed by atoms with Crippen molar-refractivity contribution in [2.45, 2.75) is 13.8 Å². The Morgan fingerprint density at radius 1 is 1.13 bits per heavy atom. The van der Waals surface area contributed by atoms with Gasteiger partial charge in [0.25, 0.3) is 11.9 Å². The van der Waals surface area contributed by atoms with Crippen LogP contribution < -0.4 is 15.4 Å². The summed E-state index contributed by atoms with van der Waals surface area (Å²) in [7, 11) is 1.63. The van der Waals surface area contributed by atoms with Crippen LogP contribution in [0.4, 0.5) is 11.7 Å². The fourth-order valence-corrected chi connectivity index (χ4v) is 3.04. The number of carbonyl (C=O) groups excluding carboxylic acids is 1. The molecule has 0 aliphatic carbocycles. The number of nitrogens with zero attached hydrogens (tertiary/aromatic N) is 2. The molecule has 1 heterocycles. The summed E-state index contributed by atoms with van der Waals surface area (Å²) in [5.74, 6) is 1.31. The average molecular weight is 409 g/mol. The third-order valence-corrected chi connectivity index (χ3v) is 4.87. The van der Waals surface area contributed by atoms with E-state index in [9.17, 15) is 4.79 Å². The minimum atomic E-state index is -0.0786. The van der Waals surface area contributed by atoms with E-state index < -0.39 is 0 Å². The van der Waals surface area contributed by atoms with Gasteiger partial charge in [0.1, 0.15) is 5.75 Å². The van der Waals surface area contributed by atoms with Crippen LogP contribution >= 0.6 is 0 Å². The number of nitrogens with one attached hydrogen (secondary N) is 2. The molecule has 0 saturated heterocycles. The summed E-state index contributed by atoms with van der Waals surface area (Å²) in [6.07, 6.45) is 1.66. The van der Waals surface area contributed by atoms with Crippen LogP contribution in [0.2, 0.25) is 0 Å². The maximum Gasteiger partial charge on any atom is 0.299 e. The molecule has 0 fully saturated rings. The largest absolute Gasteiger partial charge is 0.497 e. The number of anilines is 2. The Kier molecular flexibility index (Phi) is 7.45. The molecule has 0 aliphatic rings. The third-order valence-electron chi connectivity index (χ3n) is 4.87.